The van der Waals surface area contributed by atoms with E-state index in [2.05, 4.69) is 5.32 Å². The summed E-state index contributed by atoms with van der Waals surface area (Å²) >= 11 is 8.04. The minimum Gasteiger partial charge on any atom is -0.490 e. The van der Waals surface area contributed by atoms with E-state index in [0.29, 0.717) is 19.8 Å². The fourth-order valence-corrected chi connectivity index (χ4v) is 7.74. The first-order chi connectivity index (χ1) is 18.9. The lowest BCUT2D eigenvalue weighted by atomic mass is 9.95. The smallest absolute Gasteiger partial charge is 0.341 e. The van der Waals surface area contributed by atoms with Crippen molar-refractivity contribution in [2.24, 2.45) is 0 Å². The van der Waals surface area contributed by atoms with Gasteiger partial charge in [0.25, 0.3) is 5.91 Å². The minimum atomic E-state index is -0.420. The first-order valence-corrected chi connectivity index (χ1v) is 15.6. The van der Waals surface area contributed by atoms with Gasteiger partial charge in [0.05, 0.1) is 23.2 Å². The van der Waals surface area contributed by atoms with E-state index in [9.17, 15) is 14.4 Å². The Balaban J connectivity index is 1.23. The summed E-state index contributed by atoms with van der Waals surface area (Å²) in [5, 5.41) is 3.35. The van der Waals surface area contributed by atoms with Gasteiger partial charge in [0.15, 0.2) is 0 Å². The maximum Gasteiger partial charge on any atom is 0.341 e. The van der Waals surface area contributed by atoms with Crippen molar-refractivity contribution in [3.05, 3.63) is 50.7 Å². The molecule has 2 amide bonds. The first-order valence-electron chi connectivity index (χ1n) is 13.6. The lowest BCUT2D eigenvalue weighted by molar-refractivity contribution is -0.126. The Labute approximate surface area is 242 Å². The number of nitrogens with zero attached hydrogens (tertiary/aromatic N) is 1. The number of nitrogens with one attached hydrogen (secondary N) is 1. The molecule has 2 aliphatic carbocycles. The van der Waals surface area contributed by atoms with Crippen molar-refractivity contribution >= 4 is 68.5 Å². The number of amides is 2. The van der Waals surface area contributed by atoms with E-state index in [1.807, 2.05) is 24.3 Å². The number of benzene rings is 1. The van der Waals surface area contributed by atoms with E-state index in [1.54, 1.807) is 13.0 Å². The van der Waals surface area contributed by atoms with Crippen molar-refractivity contribution in [2.75, 3.05) is 18.5 Å². The normalized spacial score (nSPS) is 18.8. The summed E-state index contributed by atoms with van der Waals surface area (Å²) in [6, 6.07) is 7.70. The lowest BCUT2D eigenvalue weighted by Gasteiger charge is -2.22. The molecule has 1 saturated heterocycles. The van der Waals surface area contributed by atoms with Gasteiger partial charge in [0.2, 0.25) is 5.91 Å². The van der Waals surface area contributed by atoms with Crippen LogP contribution in [0.25, 0.3) is 6.08 Å². The van der Waals surface area contributed by atoms with Crippen molar-refractivity contribution in [3.8, 4) is 5.75 Å². The van der Waals surface area contributed by atoms with Crippen LogP contribution in [-0.2, 0) is 27.2 Å². The van der Waals surface area contributed by atoms with Crippen LogP contribution in [0.3, 0.4) is 0 Å². The fraction of sp³-hybridized carbons (Fsp3) is 0.448. The van der Waals surface area contributed by atoms with Crippen LogP contribution in [0.2, 0.25) is 0 Å². The molecule has 10 heteroatoms. The molecule has 0 atom stereocenters. The lowest BCUT2D eigenvalue weighted by Crippen LogP contribution is -2.36. The zero-order chi connectivity index (χ0) is 27.4. The first kappa shape index (κ1) is 27.9. The second-order valence-electron chi connectivity index (χ2n) is 9.90. The third-order valence-electron chi connectivity index (χ3n) is 7.11. The summed E-state index contributed by atoms with van der Waals surface area (Å²) in [6.45, 7) is 1.80. The molecule has 2 fully saturated rings. The van der Waals surface area contributed by atoms with Crippen LogP contribution >= 0.6 is 35.3 Å². The number of esters is 1. The molecule has 2 aromatic rings. The van der Waals surface area contributed by atoms with E-state index < -0.39 is 11.9 Å². The Morgan fingerprint density at radius 3 is 2.59 bits per heavy atom. The molecule has 2 heterocycles. The zero-order valence-corrected chi connectivity index (χ0v) is 24.4. The number of fused-ring (bicyclic) bond motifs is 1. The summed E-state index contributed by atoms with van der Waals surface area (Å²) in [5.41, 5.74) is 2.29. The number of carbonyl (C=O) groups excluding carboxylic acids is 3. The molecule has 1 aromatic carbocycles. The van der Waals surface area contributed by atoms with Gasteiger partial charge in [-0.3, -0.25) is 14.5 Å². The third kappa shape index (κ3) is 6.56. The van der Waals surface area contributed by atoms with E-state index in [0.717, 1.165) is 60.3 Å². The number of hydrogen-bond donors (Lipinski definition) is 1. The molecule has 0 unspecified atom stereocenters. The standard InChI is InChI=1S/C29H32N2O5S3/c1-2-35-28(34)25-21-10-6-7-11-22(21)38-26(25)30-24(32)17-31-27(33)23(39-29(31)37)16-18-12-14-20(15-13-18)36-19-8-4-3-5-9-19/h12-16,19H,2-11,17H2,1H3,(H,30,32)/b23-16-. The van der Waals surface area contributed by atoms with Crippen LogP contribution in [0.4, 0.5) is 5.00 Å². The fourth-order valence-electron chi connectivity index (χ4n) is 5.19. The summed E-state index contributed by atoms with van der Waals surface area (Å²) in [4.78, 5) is 41.7. The quantitative estimate of drug-likeness (QED) is 0.220. The van der Waals surface area contributed by atoms with Gasteiger partial charge < -0.3 is 14.8 Å². The average Bonchev–Trinajstić information content (AvgIpc) is 3.42. The van der Waals surface area contributed by atoms with E-state index >= 15 is 0 Å². The molecule has 1 aromatic heterocycles. The van der Waals surface area contributed by atoms with Crippen molar-refractivity contribution in [1.82, 2.24) is 4.90 Å². The Hall–Kier alpha value is -2.69. The van der Waals surface area contributed by atoms with Crippen molar-refractivity contribution in [1.29, 1.82) is 0 Å². The second-order valence-corrected chi connectivity index (χ2v) is 12.7. The number of anilines is 1. The Morgan fingerprint density at radius 2 is 1.85 bits per heavy atom. The minimum absolute atomic E-state index is 0.221. The van der Waals surface area contributed by atoms with Crippen molar-refractivity contribution in [2.45, 2.75) is 70.8 Å². The highest BCUT2D eigenvalue weighted by molar-refractivity contribution is 8.26. The van der Waals surface area contributed by atoms with Crippen LogP contribution in [0, 0.1) is 0 Å². The van der Waals surface area contributed by atoms with Gasteiger partial charge >= 0.3 is 5.97 Å². The second kappa shape index (κ2) is 12.7. The van der Waals surface area contributed by atoms with Crippen molar-refractivity contribution < 1.29 is 23.9 Å². The highest BCUT2D eigenvalue weighted by atomic mass is 32.2. The number of thiophene rings is 1. The highest BCUT2D eigenvalue weighted by Gasteiger charge is 2.34. The Morgan fingerprint density at radius 1 is 1.10 bits per heavy atom. The maximum atomic E-state index is 13.1. The SMILES string of the molecule is CCOC(=O)c1c(NC(=O)CN2C(=O)/C(=C/c3ccc(OC4CCCCC4)cc3)SC2=S)sc2c1CCCC2. The Kier molecular flexibility index (Phi) is 9.04. The molecule has 0 bridgehead atoms. The Bertz CT molecular complexity index is 1290. The van der Waals surface area contributed by atoms with Crippen LogP contribution < -0.4 is 10.1 Å². The summed E-state index contributed by atoms with van der Waals surface area (Å²) in [6.07, 6.45) is 11.7. The van der Waals surface area contributed by atoms with Crippen LogP contribution in [0.1, 0.15) is 78.2 Å². The van der Waals surface area contributed by atoms with Gasteiger partial charge in [0, 0.05) is 4.88 Å². The number of aryl methyl sites for hydroxylation is 1. The van der Waals surface area contributed by atoms with Gasteiger partial charge in [-0.15, -0.1) is 11.3 Å². The molecule has 206 valence electrons. The van der Waals surface area contributed by atoms with E-state index in [4.69, 9.17) is 21.7 Å². The molecule has 7 nitrogen and oxygen atoms in total. The van der Waals surface area contributed by atoms with Crippen LogP contribution in [0.5, 0.6) is 5.75 Å². The predicted molar refractivity (Wildman–Crippen MR) is 159 cm³/mol. The van der Waals surface area contributed by atoms with Crippen LogP contribution in [-0.4, -0.2) is 46.3 Å². The monoisotopic (exact) mass is 584 g/mol. The summed E-state index contributed by atoms with van der Waals surface area (Å²) in [7, 11) is 0. The number of thiocarbonyl (C=S) groups is 1. The number of ether oxygens (including phenoxy) is 2. The topological polar surface area (TPSA) is 84.9 Å². The number of thioether (sulfide) groups is 1. The number of carbonyl (C=O) groups is 3. The molecule has 1 N–H and O–H groups in total. The highest BCUT2D eigenvalue weighted by Crippen LogP contribution is 2.39. The number of rotatable bonds is 8. The molecule has 5 rings (SSSR count). The molecule has 0 radical (unpaired) electrons. The summed E-state index contributed by atoms with van der Waals surface area (Å²) < 4.78 is 11.7. The third-order valence-corrected chi connectivity index (χ3v) is 9.70. The van der Waals surface area contributed by atoms with Gasteiger partial charge in [-0.2, -0.15) is 0 Å². The molecule has 3 aliphatic rings. The maximum absolute atomic E-state index is 13.1. The van der Waals surface area contributed by atoms with Gasteiger partial charge in [0.1, 0.15) is 21.6 Å². The zero-order valence-electron chi connectivity index (χ0n) is 22.0. The predicted octanol–water partition coefficient (Wildman–Crippen LogP) is 6.36. The molecule has 0 spiro atoms. The van der Waals surface area contributed by atoms with Gasteiger partial charge in [-0.1, -0.05) is 42.5 Å². The van der Waals surface area contributed by atoms with Crippen LogP contribution in [0.15, 0.2) is 29.2 Å². The van der Waals surface area contributed by atoms with Gasteiger partial charge in [-0.05, 0) is 87.6 Å². The molecule has 39 heavy (non-hydrogen) atoms. The molecular formula is C29H32N2O5S3. The van der Waals surface area contributed by atoms with E-state index in [1.165, 1.54) is 47.3 Å². The molecule has 1 aliphatic heterocycles. The van der Waals surface area contributed by atoms with Crippen molar-refractivity contribution in [3.63, 3.8) is 0 Å². The summed E-state index contributed by atoms with van der Waals surface area (Å²) in [5.74, 6) is -0.295. The largest absolute Gasteiger partial charge is 0.490 e. The van der Waals surface area contributed by atoms with Gasteiger partial charge in [-0.25, -0.2) is 4.79 Å². The molecular weight excluding hydrogens is 553 g/mol. The number of hydrogen-bond acceptors (Lipinski definition) is 8. The van der Waals surface area contributed by atoms with E-state index in [-0.39, 0.29) is 25.2 Å². The molecule has 1 saturated carbocycles. The average molecular weight is 585 g/mol.